The smallest absolute Gasteiger partial charge is 0.291 e. The standard InChI is InChI=1S/C16H11Cl2NO2/c1-9-13-4-2-3-5-14(13)21-15(9)16(20)19-12-7-10(17)6-11(18)8-12/h2-8H,1H3,(H,19,20). The second-order valence-corrected chi connectivity index (χ2v) is 5.54. The van der Waals surface area contributed by atoms with E-state index in [2.05, 4.69) is 5.32 Å². The number of fused-ring (bicyclic) bond motifs is 1. The molecule has 0 aliphatic heterocycles. The summed E-state index contributed by atoms with van der Waals surface area (Å²) in [6.45, 7) is 1.85. The summed E-state index contributed by atoms with van der Waals surface area (Å²) in [5, 5.41) is 4.58. The number of anilines is 1. The summed E-state index contributed by atoms with van der Waals surface area (Å²) in [6.07, 6.45) is 0. The normalized spacial score (nSPS) is 10.8. The Hall–Kier alpha value is -1.97. The number of nitrogens with one attached hydrogen (secondary N) is 1. The van der Waals surface area contributed by atoms with Gasteiger partial charge in [-0.15, -0.1) is 0 Å². The van der Waals surface area contributed by atoms with Crippen LogP contribution < -0.4 is 5.32 Å². The first kappa shape index (κ1) is 14.0. The van der Waals surface area contributed by atoms with E-state index < -0.39 is 0 Å². The van der Waals surface area contributed by atoms with Gasteiger partial charge in [0.25, 0.3) is 5.91 Å². The molecular formula is C16H11Cl2NO2. The van der Waals surface area contributed by atoms with Crippen molar-refractivity contribution in [3.63, 3.8) is 0 Å². The number of halogens is 2. The summed E-state index contributed by atoms with van der Waals surface area (Å²) in [6, 6.07) is 12.4. The van der Waals surface area contributed by atoms with Gasteiger partial charge in [-0.1, -0.05) is 41.4 Å². The van der Waals surface area contributed by atoms with Crippen LogP contribution in [-0.4, -0.2) is 5.91 Å². The van der Waals surface area contributed by atoms with Gasteiger partial charge in [-0.2, -0.15) is 0 Å². The third kappa shape index (κ3) is 2.75. The lowest BCUT2D eigenvalue weighted by Gasteiger charge is -2.05. The Labute approximate surface area is 131 Å². The molecule has 1 aromatic heterocycles. The molecule has 106 valence electrons. The van der Waals surface area contributed by atoms with Crippen LogP contribution in [0, 0.1) is 6.92 Å². The van der Waals surface area contributed by atoms with E-state index in [0.29, 0.717) is 21.3 Å². The van der Waals surface area contributed by atoms with E-state index in [4.69, 9.17) is 27.6 Å². The van der Waals surface area contributed by atoms with Crippen LogP contribution >= 0.6 is 23.2 Å². The second-order valence-electron chi connectivity index (χ2n) is 4.66. The van der Waals surface area contributed by atoms with Crippen LogP contribution in [0.2, 0.25) is 10.0 Å². The van der Waals surface area contributed by atoms with E-state index in [0.717, 1.165) is 10.9 Å². The fourth-order valence-electron chi connectivity index (χ4n) is 2.20. The van der Waals surface area contributed by atoms with Crippen LogP contribution in [0.1, 0.15) is 16.1 Å². The summed E-state index contributed by atoms with van der Waals surface area (Å²) >= 11 is 11.8. The van der Waals surface area contributed by atoms with Crippen molar-refractivity contribution in [1.29, 1.82) is 0 Å². The molecule has 5 heteroatoms. The van der Waals surface area contributed by atoms with Gasteiger partial charge in [-0.25, -0.2) is 0 Å². The summed E-state index contributed by atoms with van der Waals surface area (Å²) in [5.74, 6) is -0.0469. The quantitative estimate of drug-likeness (QED) is 0.696. The number of hydrogen-bond donors (Lipinski definition) is 1. The number of aryl methyl sites for hydroxylation is 1. The van der Waals surface area contributed by atoms with Crippen molar-refractivity contribution in [3.8, 4) is 0 Å². The van der Waals surface area contributed by atoms with Gasteiger partial charge in [-0.3, -0.25) is 4.79 Å². The molecular weight excluding hydrogens is 309 g/mol. The molecule has 0 saturated heterocycles. The number of carbonyl (C=O) groups is 1. The Morgan fingerprint density at radius 2 is 1.76 bits per heavy atom. The molecule has 3 nitrogen and oxygen atoms in total. The molecule has 0 bridgehead atoms. The highest BCUT2D eigenvalue weighted by molar-refractivity contribution is 6.35. The van der Waals surface area contributed by atoms with Crippen molar-refractivity contribution in [2.24, 2.45) is 0 Å². The zero-order valence-corrected chi connectivity index (χ0v) is 12.6. The molecule has 1 N–H and O–H groups in total. The first-order valence-corrected chi connectivity index (χ1v) is 7.06. The molecule has 0 aliphatic rings. The summed E-state index contributed by atoms with van der Waals surface area (Å²) in [5.41, 5.74) is 2.01. The molecule has 1 heterocycles. The SMILES string of the molecule is Cc1c(C(=O)Nc2cc(Cl)cc(Cl)c2)oc2ccccc12. The van der Waals surface area contributed by atoms with E-state index >= 15 is 0 Å². The van der Waals surface area contributed by atoms with Crippen molar-refractivity contribution in [1.82, 2.24) is 0 Å². The molecule has 0 fully saturated rings. The van der Waals surface area contributed by atoms with Gasteiger partial charge in [0, 0.05) is 26.7 Å². The van der Waals surface area contributed by atoms with E-state index in [1.54, 1.807) is 18.2 Å². The molecule has 3 aromatic rings. The number of furan rings is 1. The molecule has 0 saturated carbocycles. The van der Waals surface area contributed by atoms with Crippen LogP contribution in [-0.2, 0) is 0 Å². The largest absolute Gasteiger partial charge is 0.451 e. The molecule has 21 heavy (non-hydrogen) atoms. The molecule has 0 atom stereocenters. The highest BCUT2D eigenvalue weighted by Gasteiger charge is 2.17. The highest BCUT2D eigenvalue weighted by Crippen LogP contribution is 2.27. The molecule has 1 amide bonds. The van der Waals surface area contributed by atoms with Gasteiger partial charge in [0.2, 0.25) is 0 Å². The topological polar surface area (TPSA) is 42.2 Å². The lowest BCUT2D eigenvalue weighted by Crippen LogP contribution is -2.12. The number of para-hydroxylation sites is 1. The summed E-state index contributed by atoms with van der Waals surface area (Å²) < 4.78 is 5.62. The van der Waals surface area contributed by atoms with Gasteiger partial charge in [0.05, 0.1) is 0 Å². The maximum Gasteiger partial charge on any atom is 0.291 e. The van der Waals surface area contributed by atoms with Gasteiger partial charge >= 0.3 is 0 Å². The molecule has 2 aromatic carbocycles. The van der Waals surface area contributed by atoms with E-state index in [-0.39, 0.29) is 11.7 Å². The third-order valence-corrected chi connectivity index (χ3v) is 3.61. The summed E-state index contributed by atoms with van der Waals surface area (Å²) in [7, 11) is 0. The number of hydrogen-bond acceptors (Lipinski definition) is 2. The Morgan fingerprint density at radius 1 is 1.10 bits per heavy atom. The molecule has 0 spiro atoms. The fourth-order valence-corrected chi connectivity index (χ4v) is 2.73. The van der Waals surface area contributed by atoms with Crippen molar-refractivity contribution >= 4 is 45.8 Å². The number of amides is 1. The van der Waals surface area contributed by atoms with Gasteiger partial charge in [0.1, 0.15) is 5.58 Å². The lowest BCUT2D eigenvalue weighted by atomic mass is 10.1. The zero-order chi connectivity index (χ0) is 15.0. The van der Waals surface area contributed by atoms with Crippen LogP contribution in [0.4, 0.5) is 5.69 Å². The Kier molecular flexibility index (Phi) is 3.62. The minimum Gasteiger partial charge on any atom is -0.451 e. The molecule has 3 rings (SSSR count). The van der Waals surface area contributed by atoms with Crippen LogP contribution in [0.15, 0.2) is 46.9 Å². The Balaban J connectivity index is 1.95. The Bertz CT molecular complexity index is 819. The van der Waals surface area contributed by atoms with Crippen molar-refractivity contribution in [2.45, 2.75) is 6.92 Å². The van der Waals surface area contributed by atoms with Gasteiger partial charge in [-0.05, 0) is 31.2 Å². The number of rotatable bonds is 2. The first-order valence-electron chi connectivity index (χ1n) is 6.30. The summed E-state index contributed by atoms with van der Waals surface area (Å²) in [4.78, 5) is 12.3. The highest BCUT2D eigenvalue weighted by atomic mass is 35.5. The monoisotopic (exact) mass is 319 g/mol. The number of benzene rings is 2. The minimum atomic E-state index is -0.331. The van der Waals surface area contributed by atoms with Crippen LogP contribution in [0.5, 0.6) is 0 Å². The van der Waals surface area contributed by atoms with Crippen molar-refractivity contribution < 1.29 is 9.21 Å². The van der Waals surface area contributed by atoms with E-state index in [9.17, 15) is 4.79 Å². The van der Waals surface area contributed by atoms with Gasteiger partial charge < -0.3 is 9.73 Å². The van der Waals surface area contributed by atoms with Gasteiger partial charge in [0.15, 0.2) is 5.76 Å². The van der Waals surface area contributed by atoms with Crippen molar-refractivity contribution in [3.05, 3.63) is 63.8 Å². The number of carbonyl (C=O) groups excluding carboxylic acids is 1. The third-order valence-electron chi connectivity index (χ3n) is 3.17. The maximum atomic E-state index is 12.3. The van der Waals surface area contributed by atoms with Crippen molar-refractivity contribution in [2.75, 3.05) is 5.32 Å². The lowest BCUT2D eigenvalue weighted by molar-refractivity contribution is 0.0998. The minimum absolute atomic E-state index is 0.285. The molecule has 0 unspecified atom stereocenters. The second kappa shape index (κ2) is 5.43. The average Bonchev–Trinajstić information content (AvgIpc) is 2.76. The first-order chi connectivity index (χ1) is 10.0. The van der Waals surface area contributed by atoms with Crippen LogP contribution in [0.25, 0.3) is 11.0 Å². The Morgan fingerprint density at radius 3 is 2.43 bits per heavy atom. The van der Waals surface area contributed by atoms with E-state index in [1.165, 1.54) is 0 Å². The predicted octanol–water partition coefficient (Wildman–Crippen LogP) is 5.30. The molecule has 0 aliphatic carbocycles. The van der Waals surface area contributed by atoms with E-state index in [1.807, 2.05) is 31.2 Å². The zero-order valence-electron chi connectivity index (χ0n) is 11.1. The average molecular weight is 320 g/mol. The predicted molar refractivity (Wildman–Crippen MR) is 85.4 cm³/mol. The molecule has 0 radical (unpaired) electrons. The fraction of sp³-hybridized carbons (Fsp3) is 0.0625. The maximum absolute atomic E-state index is 12.3. The van der Waals surface area contributed by atoms with Crippen LogP contribution in [0.3, 0.4) is 0 Å².